The van der Waals surface area contributed by atoms with Crippen LogP contribution < -0.4 is 5.32 Å². The number of aryl methyl sites for hydroxylation is 2. The Morgan fingerprint density at radius 3 is 3.00 bits per heavy atom. The van der Waals surface area contributed by atoms with Crippen LogP contribution in [0.4, 0.5) is 5.69 Å². The van der Waals surface area contributed by atoms with Gasteiger partial charge in [0.25, 0.3) is 0 Å². The highest BCUT2D eigenvalue weighted by molar-refractivity contribution is 5.90. The standard InChI is InChI=1S/C19H19N3O3/c1-11-4-3-5-13-9-25-10-16(17(11)13)21-15-6-14(19(23)24)8-22-7-12(2)20-18(15)22/h3-8,16,21H,9-10H2,1-2H3,(H,23,24). The molecule has 3 heterocycles. The molecule has 0 bridgehead atoms. The van der Waals surface area contributed by atoms with Crippen molar-refractivity contribution in [2.45, 2.75) is 26.5 Å². The molecule has 1 unspecified atom stereocenters. The van der Waals surface area contributed by atoms with Gasteiger partial charge in [0.15, 0.2) is 5.65 Å². The van der Waals surface area contributed by atoms with Gasteiger partial charge in [-0.05, 0) is 36.6 Å². The molecule has 1 aliphatic heterocycles. The molecule has 3 aromatic rings. The van der Waals surface area contributed by atoms with Crippen molar-refractivity contribution in [3.8, 4) is 0 Å². The Morgan fingerprint density at radius 1 is 1.36 bits per heavy atom. The molecule has 4 rings (SSSR count). The molecule has 2 N–H and O–H groups in total. The molecule has 2 aromatic heterocycles. The fourth-order valence-corrected chi connectivity index (χ4v) is 3.48. The van der Waals surface area contributed by atoms with Crippen LogP contribution in [0.5, 0.6) is 0 Å². The predicted octanol–water partition coefficient (Wildman–Crippen LogP) is 3.33. The number of imidazole rings is 1. The predicted molar refractivity (Wildman–Crippen MR) is 94.1 cm³/mol. The number of carboxylic acids is 1. The van der Waals surface area contributed by atoms with Crippen molar-refractivity contribution < 1.29 is 14.6 Å². The average molecular weight is 337 g/mol. The molecule has 0 fully saturated rings. The topological polar surface area (TPSA) is 75.9 Å². The van der Waals surface area contributed by atoms with E-state index in [9.17, 15) is 9.90 Å². The fourth-order valence-electron chi connectivity index (χ4n) is 3.48. The highest BCUT2D eigenvalue weighted by atomic mass is 16.5. The number of ether oxygens (including phenoxy) is 1. The third kappa shape index (κ3) is 2.74. The largest absolute Gasteiger partial charge is 0.478 e. The summed E-state index contributed by atoms with van der Waals surface area (Å²) in [5.41, 5.74) is 6.03. The Hall–Kier alpha value is -2.86. The summed E-state index contributed by atoms with van der Waals surface area (Å²) in [7, 11) is 0. The third-order valence-corrected chi connectivity index (χ3v) is 4.55. The zero-order valence-electron chi connectivity index (χ0n) is 14.1. The van der Waals surface area contributed by atoms with Crippen LogP contribution in [0.2, 0.25) is 0 Å². The summed E-state index contributed by atoms with van der Waals surface area (Å²) in [5.74, 6) is -0.965. The molecule has 128 valence electrons. The molecule has 0 saturated heterocycles. The Balaban J connectivity index is 1.81. The minimum atomic E-state index is -0.965. The Kier molecular flexibility index (Phi) is 3.69. The van der Waals surface area contributed by atoms with Gasteiger partial charge in [-0.2, -0.15) is 0 Å². The summed E-state index contributed by atoms with van der Waals surface area (Å²) < 4.78 is 7.48. The number of carbonyl (C=O) groups is 1. The molecule has 0 aliphatic carbocycles. The number of anilines is 1. The van der Waals surface area contributed by atoms with E-state index in [1.165, 1.54) is 11.1 Å². The maximum absolute atomic E-state index is 11.5. The first kappa shape index (κ1) is 15.7. The number of nitrogens with one attached hydrogen (secondary N) is 1. The van der Waals surface area contributed by atoms with Crippen molar-refractivity contribution >= 4 is 17.3 Å². The molecule has 0 spiro atoms. The van der Waals surface area contributed by atoms with Crippen molar-refractivity contribution in [2.75, 3.05) is 11.9 Å². The van der Waals surface area contributed by atoms with E-state index in [2.05, 4.69) is 29.4 Å². The second-order valence-corrected chi connectivity index (χ2v) is 6.42. The molecule has 25 heavy (non-hydrogen) atoms. The minimum absolute atomic E-state index is 0.0465. The fraction of sp³-hybridized carbons (Fsp3) is 0.263. The molecular formula is C19H19N3O3. The number of aromatic carboxylic acids is 1. The van der Waals surface area contributed by atoms with Crippen LogP contribution in [0.1, 0.15) is 38.8 Å². The molecule has 0 saturated carbocycles. The maximum Gasteiger partial charge on any atom is 0.337 e. The molecule has 1 atom stereocenters. The quantitative estimate of drug-likeness (QED) is 0.767. The van der Waals surface area contributed by atoms with Gasteiger partial charge in [0, 0.05) is 12.4 Å². The van der Waals surface area contributed by atoms with E-state index >= 15 is 0 Å². The zero-order valence-corrected chi connectivity index (χ0v) is 14.1. The van der Waals surface area contributed by atoms with Gasteiger partial charge in [-0.15, -0.1) is 0 Å². The molecule has 6 heteroatoms. The summed E-state index contributed by atoms with van der Waals surface area (Å²) in [6.45, 7) is 5.10. The number of hydrogen-bond acceptors (Lipinski definition) is 4. The highest BCUT2D eigenvalue weighted by Crippen LogP contribution is 2.32. The maximum atomic E-state index is 11.5. The minimum Gasteiger partial charge on any atom is -0.478 e. The van der Waals surface area contributed by atoms with Crippen LogP contribution in [0.15, 0.2) is 36.7 Å². The van der Waals surface area contributed by atoms with E-state index in [1.807, 2.05) is 19.2 Å². The lowest BCUT2D eigenvalue weighted by Gasteiger charge is -2.29. The Bertz CT molecular complexity index is 977. The highest BCUT2D eigenvalue weighted by Gasteiger charge is 2.24. The molecular weight excluding hydrogens is 318 g/mol. The van der Waals surface area contributed by atoms with Gasteiger partial charge in [0.05, 0.1) is 36.2 Å². The number of aromatic nitrogens is 2. The van der Waals surface area contributed by atoms with Gasteiger partial charge >= 0.3 is 5.97 Å². The molecule has 1 aromatic carbocycles. The van der Waals surface area contributed by atoms with Crippen molar-refractivity contribution in [1.29, 1.82) is 0 Å². The number of fused-ring (bicyclic) bond motifs is 2. The normalized spacial score (nSPS) is 16.6. The second-order valence-electron chi connectivity index (χ2n) is 6.42. The van der Waals surface area contributed by atoms with E-state index in [0.29, 0.717) is 24.5 Å². The van der Waals surface area contributed by atoms with Crippen molar-refractivity contribution in [3.05, 3.63) is 64.6 Å². The summed E-state index contributed by atoms with van der Waals surface area (Å²) in [5, 5.41) is 12.9. The van der Waals surface area contributed by atoms with Gasteiger partial charge in [0.1, 0.15) is 0 Å². The number of rotatable bonds is 3. The van der Waals surface area contributed by atoms with Gasteiger partial charge < -0.3 is 19.6 Å². The van der Waals surface area contributed by atoms with Gasteiger partial charge in [-0.3, -0.25) is 0 Å². The smallest absolute Gasteiger partial charge is 0.337 e. The second kappa shape index (κ2) is 5.89. The zero-order chi connectivity index (χ0) is 17.6. The van der Waals surface area contributed by atoms with E-state index in [0.717, 1.165) is 11.3 Å². The van der Waals surface area contributed by atoms with Crippen LogP contribution >= 0.6 is 0 Å². The lowest BCUT2D eigenvalue weighted by atomic mass is 9.94. The molecule has 6 nitrogen and oxygen atoms in total. The van der Waals surface area contributed by atoms with Gasteiger partial charge in [-0.1, -0.05) is 18.2 Å². The molecule has 0 amide bonds. The summed E-state index contributed by atoms with van der Waals surface area (Å²) in [6.07, 6.45) is 3.41. The Morgan fingerprint density at radius 2 is 2.20 bits per heavy atom. The first-order valence-corrected chi connectivity index (χ1v) is 8.18. The van der Waals surface area contributed by atoms with E-state index in [4.69, 9.17) is 4.74 Å². The Labute approximate surface area is 145 Å². The summed E-state index contributed by atoms with van der Waals surface area (Å²) in [6, 6.07) is 7.77. The van der Waals surface area contributed by atoms with E-state index in [1.54, 1.807) is 16.7 Å². The first-order valence-electron chi connectivity index (χ1n) is 8.18. The van der Waals surface area contributed by atoms with Crippen LogP contribution in [-0.4, -0.2) is 27.1 Å². The van der Waals surface area contributed by atoms with Crippen LogP contribution in [0, 0.1) is 13.8 Å². The summed E-state index contributed by atoms with van der Waals surface area (Å²) >= 11 is 0. The van der Waals surface area contributed by atoms with Crippen molar-refractivity contribution in [3.63, 3.8) is 0 Å². The SMILES string of the molecule is Cc1cn2cc(C(=O)O)cc(NC3COCc4cccc(C)c43)c2n1. The van der Waals surface area contributed by atoms with E-state index < -0.39 is 5.97 Å². The van der Waals surface area contributed by atoms with Crippen molar-refractivity contribution in [1.82, 2.24) is 9.38 Å². The number of nitrogens with zero attached hydrogens (tertiary/aromatic N) is 2. The lowest BCUT2D eigenvalue weighted by Crippen LogP contribution is -2.24. The average Bonchev–Trinajstić information content (AvgIpc) is 2.95. The van der Waals surface area contributed by atoms with Crippen molar-refractivity contribution in [2.24, 2.45) is 0 Å². The monoisotopic (exact) mass is 337 g/mol. The van der Waals surface area contributed by atoms with E-state index in [-0.39, 0.29) is 11.6 Å². The number of benzene rings is 1. The van der Waals surface area contributed by atoms with Gasteiger partial charge in [-0.25, -0.2) is 9.78 Å². The summed E-state index contributed by atoms with van der Waals surface area (Å²) in [4.78, 5) is 16.0. The molecule has 1 aliphatic rings. The lowest BCUT2D eigenvalue weighted by molar-refractivity contribution is 0.0696. The number of hydrogen-bond donors (Lipinski definition) is 2. The van der Waals surface area contributed by atoms with Crippen LogP contribution in [0.25, 0.3) is 5.65 Å². The molecule has 0 radical (unpaired) electrons. The van der Waals surface area contributed by atoms with Gasteiger partial charge in [0.2, 0.25) is 0 Å². The van der Waals surface area contributed by atoms with Crippen LogP contribution in [0.3, 0.4) is 0 Å². The first-order chi connectivity index (χ1) is 12.0. The third-order valence-electron chi connectivity index (χ3n) is 4.55. The number of pyridine rings is 1. The number of carboxylic acid groups (broad SMARTS) is 1. The van der Waals surface area contributed by atoms with Crippen LogP contribution in [-0.2, 0) is 11.3 Å².